The first-order valence-electron chi connectivity index (χ1n) is 5.61. The molecule has 0 spiro atoms. The van der Waals surface area contributed by atoms with Crippen molar-refractivity contribution in [3.05, 3.63) is 18.2 Å². The molecule has 3 N–H and O–H groups in total. The average Bonchev–Trinajstić information content (AvgIpc) is 2.53. The van der Waals surface area contributed by atoms with Crippen molar-refractivity contribution in [1.29, 1.82) is 0 Å². The van der Waals surface area contributed by atoms with E-state index in [2.05, 4.69) is 37.7 Å². The standard InChI is InChI=1S/C12H21N3/c1-11(2)10(12(11,3)4)8(13)7-9-14-5-6-15-9/h5-6,8,10H,7,13H2,1-4H3,(H,14,15). The van der Waals surface area contributed by atoms with Gasteiger partial charge in [0.25, 0.3) is 0 Å². The highest BCUT2D eigenvalue weighted by molar-refractivity contribution is 5.16. The van der Waals surface area contributed by atoms with Crippen LogP contribution in [-0.4, -0.2) is 16.0 Å². The molecular weight excluding hydrogens is 186 g/mol. The third-order valence-corrected chi connectivity index (χ3v) is 4.54. The summed E-state index contributed by atoms with van der Waals surface area (Å²) in [4.78, 5) is 7.34. The predicted octanol–water partition coefficient (Wildman–Crippen LogP) is 1.96. The quantitative estimate of drug-likeness (QED) is 0.796. The topological polar surface area (TPSA) is 54.7 Å². The molecule has 1 heterocycles. The summed E-state index contributed by atoms with van der Waals surface area (Å²) in [6, 6.07) is 0.209. The number of nitrogens with one attached hydrogen (secondary N) is 1. The Morgan fingerprint density at radius 2 is 2.00 bits per heavy atom. The molecule has 1 aliphatic carbocycles. The molecule has 1 aromatic heterocycles. The molecule has 1 aromatic rings. The van der Waals surface area contributed by atoms with Crippen LogP contribution in [0.25, 0.3) is 0 Å². The summed E-state index contributed by atoms with van der Waals surface area (Å²) in [5.41, 5.74) is 6.98. The summed E-state index contributed by atoms with van der Waals surface area (Å²) < 4.78 is 0. The molecule has 0 saturated heterocycles. The lowest BCUT2D eigenvalue weighted by molar-refractivity contribution is 0.457. The van der Waals surface area contributed by atoms with Crippen molar-refractivity contribution >= 4 is 0 Å². The Hall–Kier alpha value is -0.830. The van der Waals surface area contributed by atoms with Crippen LogP contribution >= 0.6 is 0 Å². The van der Waals surface area contributed by atoms with Crippen LogP contribution in [0.5, 0.6) is 0 Å². The molecule has 1 fully saturated rings. The van der Waals surface area contributed by atoms with Gasteiger partial charge in [0, 0.05) is 24.9 Å². The molecule has 1 aliphatic rings. The van der Waals surface area contributed by atoms with Gasteiger partial charge in [-0.15, -0.1) is 0 Å². The highest BCUT2D eigenvalue weighted by atomic mass is 14.9. The molecule has 0 bridgehead atoms. The minimum atomic E-state index is 0.209. The van der Waals surface area contributed by atoms with E-state index in [9.17, 15) is 0 Å². The van der Waals surface area contributed by atoms with Crippen LogP contribution in [0.1, 0.15) is 33.5 Å². The fraction of sp³-hybridized carbons (Fsp3) is 0.750. The molecule has 3 heteroatoms. The fourth-order valence-corrected chi connectivity index (χ4v) is 3.07. The molecule has 2 rings (SSSR count). The number of hydrogen-bond donors (Lipinski definition) is 2. The van der Waals surface area contributed by atoms with E-state index in [-0.39, 0.29) is 6.04 Å². The minimum absolute atomic E-state index is 0.209. The minimum Gasteiger partial charge on any atom is -0.349 e. The number of imidazole rings is 1. The summed E-state index contributed by atoms with van der Waals surface area (Å²) in [5, 5.41) is 0. The second kappa shape index (κ2) is 3.08. The van der Waals surface area contributed by atoms with Crippen molar-refractivity contribution in [1.82, 2.24) is 9.97 Å². The van der Waals surface area contributed by atoms with Gasteiger partial charge >= 0.3 is 0 Å². The molecule has 1 unspecified atom stereocenters. The van der Waals surface area contributed by atoms with Gasteiger partial charge in [-0.3, -0.25) is 0 Å². The van der Waals surface area contributed by atoms with E-state index >= 15 is 0 Å². The van der Waals surface area contributed by atoms with Gasteiger partial charge in [-0.2, -0.15) is 0 Å². The first-order valence-corrected chi connectivity index (χ1v) is 5.61. The first-order chi connectivity index (χ1) is 6.87. The molecule has 84 valence electrons. The van der Waals surface area contributed by atoms with Gasteiger partial charge in [-0.25, -0.2) is 4.98 Å². The lowest BCUT2D eigenvalue weighted by atomic mass is 10.0. The smallest absolute Gasteiger partial charge is 0.107 e. The molecule has 0 radical (unpaired) electrons. The van der Waals surface area contributed by atoms with E-state index in [1.165, 1.54) is 0 Å². The normalized spacial score (nSPS) is 25.1. The first kappa shape index (κ1) is 10.7. The zero-order chi connectivity index (χ0) is 11.3. The Kier molecular flexibility index (Phi) is 2.19. The Morgan fingerprint density at radius 3 is 2.40 bits per heavy atom. The van der Waals surface area contributed by atoms with Crippen molar-refractivity contribution < 1.29 is 0 Å². The zero-order valence-corrected chi connectivity index (χ0v) is 10.0. The summed E-state index contributed by atoms with van der Waals surface area (Å²) >= 11 is 0. The number of hydrogen-bond acceptors (Lipinski definition) is 2. The van der Waals surface area contributed by atoms with Gasteiger partial charge in [0.2, 0.25) is 0 Å². The van der Waals surface area contributed by atoms with Gasteiger partial charge in [-0.1, -0.05) is 27.7 Å². The second-order valence-electron chi connectivity index (χ2n) is 5.82. The third-order valence-electron chi connectivity index (χ3n) is 4.54. The second-order valence-corrected chi connectivity index (χ2v) is 5.82. The van der Waals surface area contributed by atoms with Crippen molar-refractivity contribution in [2.24, 2.45) is 22.5 Å². The van der Waals surface area contributed by atoms with Crippen LogP contribution in [0.2, 0.25) is 0 Å². The van der Waals surface area contributed by atoms with Gasteiger partial charge < -0.3 is 10.7 Å². The number of aromatic amines is 1. The molecule has 0 aliphatic heterocycles. The molecule has 0 aromatic carbocycles. The van der Waals surface area contributed by atoms with Crippen molar-refractivity contribution in [2.75, 3.05) is 0 Å². The van der Waals surface area contributed by atoms with Crippen LogP contribution in [0, 0.1) is 16.7 Å². The SMILES string of the molecule is CC1(C)C(C(N)Cc2ncc[nH]2)C1(C)C. The van der Waals surface area contributed by atoms with Crippen molar-refractivity contribution in [3.63, 3.8) is 0 Å². The molecule has 15 heavy (non-hydrogen) atoms. The van der Waals surface area contributed by atoms with Crippen LogP contribution in [-0.2, 0) is 6.42 Å². The number of nitrogens with zero attached hydrogens (tertiary/aromatic N) is 1. The van der Waals surface area contributed by atoms with E-state index in [4.69, 9.17) is 5.73 Å². The van der Waals surface area contributed by atoms with Gasteiger partial charge in [0.1, 0.15) is 5.82 Å². The molecular formula is C12H21N3. The van der Waals surface area contributed by atoms with Crippen LogP contribution < -0.4 is 5.73 Å². The molecule has 1 atom stereocenters. The van der Waals surface area contributed by atoms with Crippen molar-refractivity contribution in [2.45, 2.75) is 40.2 Å². The van der Waals surface area contributed by atoms with Crippen LogP contribution in [0.15, 0.2) is 12.4 Å². The van der Waals surface area contributed by atoms with Crippen LogP contribution in [0.4, 0.5) is 0 Å². The lowest BCUT2D eigenvalue weighted by Gasteiger charge is -2.11. The number of nitrogens with two attached hydrogens (primary N) is 1. The summed E-state index contributed by atoms with van der Waals surface area (Å²) in [6.45, 7) is 9.22. The maximum atomic E-state index is 6.26. The summed E-state index contributed by atoms with van der Waals surface area (Å²) in [6.07, 6.45) is 4.49. The fourth-order valence-electron chi connectivity index (χ4n) is 3.07. The van der Waals surface area contributed by atoms with E-state index in [0.29, 0.717) is 16.7 Å². The number of rotatable bonds is 3. The highest BCUT2D eigenvalue weighted by Crippen LogP contribution is 2.69. The summed E-state index contributed by atoms with van der Waals surface area (Å²) in [5.74, 6) is 1.59. The Balaban J connectivity index is 2.02. The van der Waals surface area contributed by atoms with E-state index in [0.717, 1.165) is 12.2 Å². The Bertz CT molecular complexity index is 324. The Morgan fingerprint density at radius 1 is 1.40 bits per heavy atom. The average molecular weight is 207 g/mol. The van der Waals surface area contributed by atoms with Gasteiger partial charge in [0.05, 0.1) is 0 Å². The zero-order valence-electron chi connectivity index (χ0n) is 10.0. The number of aromatic nitrogens is 2. The monoisotopic (exact) mass is 207 g/mol. The highest BCUT2D eigenvalue weighted by Gasteiger charge is 2.66. The van der Waals surface area contributed by atoms with Crippen molar-refractivity contribution in [3.8, 4) is 0 Å². The maximum Gasteiger partial charge on any atom is 0.107 e. The predicted molar refractivity (Wildman–Crippen MR) is 61.3 cm³/mol. The van der Waals surface area contributed by atoms with E-state index < -0.39 is 0 Å². The third kappa shape index (κ3) is 1.49. The Labute approximate surface area is 91.5 Å². The molecule has 0 amide bonds. The van der Waals surface area contributed by atoms with E-state index in [1.54, 1.807) is 6.20 Å². The largest absolute Gasteiger partial charge is 0.349 e. The summed E-state index contributed by atoms with van der Waals surface area (Å²) in [7, 11) is 0. The van der Waals surface area contributed by atoms with E-state index in [1.807, 2.05) is 6.20 Å². The van der Waals surface area contributed by atoms with Gasteiger partial charge in [0.15, 0.2) is 0 Å². The van der Waals surface area contributed by atoms with Gasteiger partial charge in [-0.05, 0) is 16.7 Å². The maximum absolute atomic E-state index is 6.26. The number of H-pyrrole nitrogens is 1. The lowest BCUT2D eigenvalue weighted by Crippen LogP contribution is -2.28. The molecule has 3 nitrogen and oxygen atoms in total. The van der Waals surface area contributed by atoms with Crippen LogP contribution in [0.3, 0.4) is 0 Å². The molecule has 1 saturated carbocycles.